The number of nitro benzene ring substituents is 1. The SMILES string of the molecule is O=c1c(=Cc2ccc([N+](=O)[O-])cc2)sc2nc(-c3ccccc3)c(-c3ccccc3)n12. The van der Waals surface area contributed by atoms with E-state index in [1.54, 1.807) is 22.6 Å². The molecule has 0 bridgehead atoms. The van der Waals surface area contributed by atoms with Crippen LogP contribution in [-0.2, 0) is 0 Å². The maximum absolute atomic E-state index is 13.3. The smallest absolute Gasteiger partial charge is 0.267 e. The van der Waals surface area contributed by atoms with Crippen molar-refractivity contribution in [2.75, 3.05) is 0 Å². The van der Waals surface area contributed by atoms with E-state index < -0.39 is 4.92 Å². The molecule has 2 heterocycles. The van der Waals surface area contributed by atoms with E-state index in [0.717, 1.165) is 28.1 Å². The molecule has 5 rings (SSSR count). The first-order chi connectivity index (χ1) is 15.1. The number of nitrogens with zero attached hydrogens (tertiary/aromatic N) is 3. The van der Waals surface area contributed by atoms with Gasteiger partial charge in [0.25, 0.3) is 11.2 Å². The van der Waals surface area contributed by atoms with Crippen molar-refractivity contribution in [3.05, 3.63) is 115 Å². The van der Waals surface area contributed by atoms with Crippen molar-refractivity contribution in [2.45, 2.75) is 0 Å². The Balaban J connectivity index is 1.73. The van der Waals surface area contributed by atoms with Crippen molar-refractivity contribution in [3.8, 4) is 22.5 Å². The van der Waals surface area contributed by atoms with Crippen LogP contribution in [0.1, 0.15) is 5.56 Å². The summed E-state index contributed by atoms with van der Waals surface area (Å²) in [6.07, 6.45) is 1.74. The van der Waals surface area contributed by atoms with Gasteiger partial charge in [-0.1, -0.05) is 72.0 Å². The molecule has 0 radical (unpaired) electrons. The Labute approximate surface area is 180 Å². The first kappa shape index (κ1) is 18.9. The highest BCUT2D eigenvalue weighted by Gasteiger charge is 2.19. The molecule has 0 aliphatic rings. The summed E-state index contributed by atoms with van der Waals surface area (Å²) in [5.41, 5.74) is 3.94. The number of hydrogen-bond acceptors (Lipinski definition) is 5. The van der Waals surface area contributed by atoms with Crippen molar-refractivity contribution in [1.29, 1.82) is 0 Å². The molecule has 0 amide bonds. The van der Waals surface area contributed by atoms with Gasteiger partial charge in [0, 0.05) is 23.3 Å². The van der Waals surface area contributed by atoms with Gasteiger partial charge in [-0.3, -0.25) is 14.9 Å². The standard InChI is InChI=1S/C24H15N3O3S/c28-23-20(15-16-11-13-19(14-12-16)27(29)30)31-24-25-21(17-7-3-1-4-8-17)22(26(23)24)18-9-5-2-6-10-18/h1-15H. The van der Waals surface area contributed by atoms with Crippen molar-refractivity contribution in [2.24, 2.45) is 0 Å². The lowest BCUT2D eigenvalue weighted by Crippen LogP contribution is -2.23. The fourth-order valence-corrected chi connectivity index (χ4v) is 4.48. The van der Waals surface area contributed by atoms with Gasteiger partial charge < -0.3 is 0 Å². The quantitative estimate of drug-likeness (QED) is 0.313. The predicted molar refractivity (Wildman–Crippen MR) is 122 cm³/mol. The monoisotopic (exact) mass is 425 g/mol. The lowest BCUT2D eigenvalue weighted by molar-refractivity contribution is -0.384. The normalized spacial score (nSPS) is 11.8. The van der Waals surface area contributed by atoms with Crippen LogP contribution in [0.15, 0.2) is 89.7 Å². The van der Waals surface area contributed by atoms with E-state index in [-0.39, 0.29) is 11.2 Å². The maximum Gasteiger partial charge on any atom is 0.274 e. The first-order valence-corrected chi connectivity index (χ1v) is 10.4. The number of hydrogen-bond donors (Lipinski definition) is 0. The van der Waals surface area contributed by atoms with Crippen LogP contribution in [0.25, 0.3) is 33.6 Å². The minimum atomic E-state index is -0.445. The predicted octanol–water partition coefficient (Wildman–Crippen LogP) is 4.55. The summed E-state index contributed by atoms with van der Waals surface area (Å²) in [5.74, 6) is 0. The fraction of sp³-hybridized carbons (Fsp3) is 0. The van der Waals surface area contributed by atoms with Gasteiger partial charge in [-0.05, 0) is 23.8 Å². The van der Waals surface area contributed by atoms with Gasteiger partial charge in [0.2, 0.25) is 0 Å². The Hall–Kier alpha value is -4.10. The average molecular weight is 425 g/mol. The lowest BCUT2D eigenvalue weighted by atomic mass is 10.1. The minimum Gasteiger partial charge on any atom is -0.267 e. The van der Waals surface area contributed by atoms with E-state index in [9.17, 15) is 14.9 Å². The number of fused-ring (bicyclic) bond motifs is 1. The molecule has 0 spiro atoms. The Morgan fingerprint density at radius 1 is 0.871 bits per heavy atom. The van der Waals surface area contributed by atoms with E-state index in [2.05, 4.69) is 0 Å². The second-order valence-electron chi connectivity index (χ2n) is 6.92. The molecule has 31 heavy (non-hydrogen) atoms. The minimum absolute atomic E-state index is 0.0133. The van der Waals surface area contributed by atoms with Gasteiger partial charge in [-0.2, -0.15) is 0 Å². The lowest BCUT2D eigenvalue weighted by Gasteiger charge is -2.04. The molecule has 0 atom stereocenters. The zero-order chi connectivity index (χ0) is 21.4. The van der Waals surface area contributed by atoms with Crippen LogP contribution in [0.3, 0.4) is 0 Å². The van der Waals surface area contributed by atoms with E-state index in [4.69, 9.17) is 4.98 Å². The molecule has 3 aromatic carbocycles. The van der Waals surface area contributed by atoms with Crippen LogP contribution in [0.2, 0.25) is 0 Å². The zero-order valence-corrected chi connectivity index (χ0v) is 17.0. The molecule has 0 unspecified atom stereocenters. The second-order valence-corrected chi connectivity index (χ2v) is 7.93. The summed E-state index contributed by atoms with van der Waals surface area (Å²) < 4.78 is 2.17. The highest BCUT2D eigenvalue weighted by atomic mass is 32.1. The van der Waals surface area contributed by atoms with Gasteiger partial charge in [-0.25, -0.2) is 9.38 Å². The van der Waals surface area contributed by atoms with Crippen LogP contribution in [0.5, 0.6) is 0 Å². The van der Waals surface area contributed by atoms with Crippen LogP contribution in [-0.4, -0.2) is 14.3 Å². The molecule has 0 fully saturated rings. The first-order valence-electron chi connectivity index (χ1n) is 9.54. The highest BCUT2D eigenvalue weighted by molar-refractivity contribution is 7.15. The number of nitro groups is 1. The average Bonchev–Trinajstić information content (AvgIpc) is 3.32. The summed E-state index contributed by atoms with van der Waals surface area (Å²) in [6.45, 7) is 0. The fourth-order valence-electron chi connectivity index (χ4n) is 3.50. The summed E-state index contributed by atoms with van der Waals surface area (Å²) >= 11 is 1.30. The molecule has 0 saturated carbocycles. The highest BCUT2D eigenvalue weighted by Crippen LogP contribution is 2.32. The van der Waals surface area contributed by atoms with Crippen LogP contribution < -0.4 is 10.1 Å². The van der Waals surface area contributed by atoms with E-state index in [1.807, 2.05) is 60.7 Å². The summed E-state index contributed by atoms with van der Waals surface area (Å²) in [6, 6.07) is 25.7. The molecule has 0 aliphatic heterocycles. The molecule has 0 aliphatic carbocycles. The topological polar surface area (TPSA) is 77.5 Å². The molecule has 5 aromatic rings. The molecule has 0 N–H and O–H groups in total. The van der Waals surface area contributed by atoms with Crippen molar-refractivity contribution in [1.82, 2.24) is 9.38 Å². The third-order valence-electron chi connectivity index (χ3n) is 4.96. The molecular weight excluding hydrogens is 410 g/mol. The van der Waals surface area contributed by atoms with Gasteiger partial charge in [0.1, 0.15) is 0 Å². The number of non-ortho nitro benzene ring substituents is 1. The van der Waals surface area contributed by atoms with Crippen molar-refractivity contribution in [3.63, 3.8) is 0 Å². The summed E-state index contributed by atoms with van der Waals surface area (Å²) in [5, 5.41) is 10.9. The van der Waals surface area contributed by atoms with Crippen molar-refractivity contribution >= 4 is 28.1 Å². The van der Waals surface area contributed by atoms with E-state index in [0.29, 0.717) is 9.49 Å². The Kier molecular flexibility index (Phi) is 4.65. The molecule has 7 heteroatoms. The van der Waals surface area contributed by atoms with Crippen molar-refractivity contribution < 1.29 is 4.92 Å². The zero-order valence-electron chi connectivity index (χ0n) is 16.1. The third-order valence-corrected chi connectivity index (χ3v) is 5.93. The number of imidazole rings is 1. The molecular formula is C24H15N3O3S. The Morgan fingerprint density at radius 2 is 1.48 bits per heavy atom. The largest absolute Gasteiger partial charge is 0.274 e. The Morgan fingerprint density at radius 3 is 2.10 bits per heavy atom. The van der Waals surface area contributed by atoms with Gasteiger partial charge in [-0.15, -0.1) is 0 Å². The second kappa shape index (κ2) is 7.62. The maximum atomic E-state index is 13.3. The van der Waals surface area contributed by atoms with Crippen LogP contribution in [0, 0.1) is 10.1 Å². The summed E-state index contributed by atoms with van der Waals surface area (Å²) in [7, 11) is 0. The molecule has 6 nitrogen and oxygen atoms in total. The number of thiazole rings is 1. The van der Waals surface area contributed by atoms with E-state index >= 15 is 0 Å². The number of aromatic nitrogens is 2. The third kappa shape index (κ3) is 3.41. The van der Waals surface area contributed by atoms with Crippen LogP contribution >= 0.6 is 11.3 Å². The molecule has 2 aromatic heterocycles. The number of rotatable bonds is 4. The van der Waals surface area contributed by atoms with Crippen LogP contribution in [0.4, 0.5) is 5.69 Å². The van der Waals surface area contributed by atoms with Gasteiger partial charge in [0.05, 0.1) is 20.8 Å². The molecule has 0 saturated heterocycles. The van der Waals surface area contributed by atoms with Gasteiger partial charge >= 0.3 is 0 Å². The van der Waals surface area contributed by atoms with E-state index in [1.165, 1.54) is 23.5 Å². The Bertz CT molecular complexity index is 1510. The number of benzene rings is 3. The van der Waals surface area contributed by atoms with Gasteiger partial charge in [0.15, 0.2) is 4.96 Å². The summed E-state index contributed by atoms with van der Waals surface area (Å²) in [4.78, 5) is 29.2. The molecule has 150 valence electrons.